The maximum absolute atomic E-state index is 12.1. The minimum absolute atomic E-state index is 0.0621. The molecule has 0 fully saturated rings. The van der Waals surface area contributed by atoms with Crippen LogP contribution in [-0.4, -0.2) is 41.3 Å². The fourth-order valence-corrected chi connectivity index (χ4v) is 2.46. The summed E-state index contributed by atoms with van der Waals surface area (Å²) in [5.74, 6) is 5.70. The molecule has 0 saturated carbocycles. The summed E-state index contributed by atoms with van der Waals surface area (Å²) >= 11 is 5.58. The second-order valence-electron chi connectivity index (χ2n) is 4.96. The molecule has 23 heavy (non-hydrogen) atoms. The number of imidazole rings is 1. The lowest BCUT2D eigenvalue weighted by molar-refractivity contribution is 0.0102. The molecule has 0 saturated heterocycles. The lowest BCUT2D eigenvalue weighted by Crippen LogP contribution is -2.29. The predicted octanol–water partition coefficient (Wildman–Crippen LogP) is -0.530. The van der Waals surface area contributed by atoms with Gasteiger partial charge in [0.25, 0.3) is 5.56 Å². The highest BCUT2D eigenvalue weighted by atomic mass is 35.5. The molecular formula is C14H17ClN4O4. The number of hydrogen-bond donors (Lipinski definition) is 3. The molecule has 0 aliphatic heterocycles. The number of aliphatic hydroxyl groups excluding tert-OH is 2. The van der Waals surface area contributed by atoms with Crippen molar-refractivity contribution in [1.29, 1.82) is 0 Å². The van der Waals surface area contributed by atoms with Crippen molar-refractivity contribution in [2.24, 2.45) is 7.05 Å². The number of nitrogens with one attached hydrogen (secondary N) is 1. The number of aromatic amines is 1. The van der Waals surface area contributed by atoms with Crippen molar-refractivity contribution in [3.05, 3.63) is 26.7 Å². The summed E-state index contributed by atoms with van der Waals surface area (Å²) in [6, 6.07) is 0. The van der Waals surface area contributed by atoms with Gasteiger partial charge in [-0.05, 0) is 13.3 Å². The number of nitrogens with zero attached hydrogens (tertiary/aromatic N) is 3. The van der Waals surface area contributed by atoms with E-state index in [1.807, 2.05) is 0 Å². The third kappa shape index (κ3) is 3.17. The summed E-state index contributed by atoms with van der Waals surface area (Å²) in [5, 5.41) is 20.3. The van der Waals surface area contributed by atoms with Crippen LogP contribution in [0, 0.1) is 11.8 Å². The number of rotatable bonds is 5. The molecule has 124 valence electrons. The second kappa shape index (κ2) is 7.00. The number of halogens is 1. The van der Waals surface area contributed by atoms with Crippen molar-refractivity contribution in [2.75, 3.05) is 5.88 Å². The molecule has 0 bridgehead atoms. The predicted molar refractivity (Wildman–Crippen MR) is 85.3 cm³/mol. The standard InChI is InChI=1S/C14H17ClN4O4/c1-3-4-7-19-9-11(18(2)14(23)17-13(9)22)16-12(19)10(21)8(20)5-6-15/h8,10,20-21H,5-7H2,1-2H3,(H,17,22,23). The van der Waals surface area contributed by atoms with Crippen LogP contribution < -0.4 is 11.2 Å². The second-order valence-corrected chi connectivity index (χ2v) is 5.34. The molecule has 2 aromatic heterocycles. The third-order valence-electron chi connectivity index (χ3n) is 3.48. The largest absolute Gasteiger partial charge is 0.390 e. The average molecular weight is 341 g/mol. The summed E-state index contributed by atoms with van der Waals surface area (Å²) in [7, 11) is 1.45. The quantitative estimate of drug-likeness (QED) is 0.500. The van der Waals surface area contributed by atoms with E-state index in [-0.39, 0.29) is 35.8 Å². The van der Waals surface area contributed by atoms with Crippen LogP contribution in [0.15, 0.2) is 9.59 Å². The van der Waals surface area contributed by atoms with Crippen LogP contribution in [-0.2, 0) is 13.6 Å². The van der Waals surface area contributed by atoms with Gasteiger partial charge in [0.1, 0.15) is 11.9 Å². The summed E-state index contributed by atoms with van der Waals surface area (Å²) in [6.45, 7) is 1.73. The first-order valence-corrected chi connectivity index (χ1v) is 7.47. The minimum Gasteiger partial charge on any atom is -0.390 e. The lowest BCUT2D eigenvalue weighted by atomic mass is 10.1. The zero-order valence-electron chi connectivity index (χ0n) is 12.7. The minimum atomic E-state index is -1.35. The van der Waals surface area contributed by atoms with E-state index in [1.54, 1.807) is 6.92 Å². The number of H-pyrrole nitrogens is 1. The average Bonchev–Trinajstić information content (AvgIpc) is 2.90. The highest BCUT2D eigenvalue weighted by molar-refractivity contribution is 6.17. The van der Waals surface area contributed by atoms with E-state index in [4.69, 9.17) is 11.6 Å². The van der Waals surface area contributed by atoms with Crippen LogP contribution >= 0.6 is 11.6 Å². The molecule has 2 heterocycles. The molecule has 0 aliphatic rings. The molecule has 0 aromatic carbocycles. The molecule has 0 aliphatic carbocycles. The first kappa shape index (κ1) is 17.3. The number of alkyl halides is 1. The molecule has 2 aromatic rings. The monoisotopic (exact) mass is 340 g/mol. The molecule has 0 radical (unpaired) electrons. The zero-order valence-corrected chi connectivity index (χ0v) is 13.5. The Kier molecular flexibility index (Phi) is 5.26. The molecule has 2 rings (SSSR count). The number of aliphatic hydroxyl groups is 2. The molecule has 2 unspecified atom stereocenters. The van der Waals surface area contributed by atoms with Crippen LogP contribution in [0.4, 0.5) is 0 Å². The van der Waals surface area contributed by atoms with Gasteiger partial charge in [0, 0.05) is 12.9 Å². The summed E-state index contributed by atoms with van der Waals surface area (Å²) in [5.41, 5.74) is -1.01. The van der Waals surface area contributed by atoms with E-state index in [2.05, 4.69) is 21.8 Å². The van der Waals surface area contributed by atoms with E-state index in [0.29, 0.717) is 0 Å². The van der Waals surface area contributed by atoms with Crippen LogP contribution in [0.3, 0.4) is 0 Å². The Hall–Kier alpha value is -2.08. The molecule has 0 spiro atoms. The van der Waals surface area contributed by atoms with Crippen molar-refractivity contribution < 1.29 is 10.2 Å². The number of aryl methyl sites for hydroxylation is 1. The van der Waals surface area contributed by atoms with Crippen molar-refractivity contribution in [3.63, 3.8) is 0 Å². The fourth-order valence-electron chi connectivity index (χ4n) is 2.24. The van der Waals surface area contributed by atoms with Gasteiger partial charge < -0.3 is 14.8 Å². The van der Waals surface area contributed by atoms with Gasteiger partial charge in [0.2, 0.25) is 0 Å². The van der Waals surface area contributed by atoms with Gasteiger partial charge in [-0.25, -0.2) is 9.78 Å². The molecule has 8 nitrogen and oxygen atoms in total. The summed E-state index contributed by atoms with van der Waals surface area (Å²) < 4.78 is 2.56. The highest BCUT2D eigenvalue weighted by Gasteiger charge is 2.26. The van der Waals surface area contributed by atoms with Gasteiger partial charge in [-0.3, -0.25) is 14.3 Å². The Labute approximate surface area is 136 Å². The van der Waals surface area contributed by atoms with Crippen LogP contribution in [0.2, 0.25) is 0 Å². The Morgan fingerprint density at radius 3 is 2.70 bits per heavy atom. The van der Waals surface area contributed by atoms with E-state index >= 15 is 0 Å². The lowest BCUT2D eigenvalue weighted by Gasteiger charge is -2.17. The van der Waals surface area contributed by atoms with Crippen LogP contribution in [0.1, 0.15) is 25.3 Å². The van der Waals surface area contributed by atoms with Gasteiger partial charge in [0.05, 0.1) is 12.6 Å². The number of hydrogen-bond acceptors (Lipinski definition) is 5. The van der Waals surface area contributed by atoms with Crippen molar-refractivity contribution in [2.45, 2.75) is 32.1 Å². The highest BCUT2D eigenvalue weighted by Crippen LogP contribution is 2.22. The Morgan fingerprint density at radius 2 is 2.09 bits per heavy atom. The maximum Gasteiger partial charge on any atom is 0.329 e. The van der Waals surface area contributed by atoms with Gasteiger partial charge in [-0.2, -0.15) is 0 Å². The van der Waals surface area contributed by atoms with Crippen LogP contribution in [0.5, 0.6) is 0 Å². The molecule has 0 amide bonds. The number of fused-ring (bicyclic) bond motifs is 1. The summed E-state index contributed by atoms with van der Waals surface area (Å²) in [6.07, 6.45) is -2.34. The molecule has 3 N–H and O–H groups in total. The smallest absolute Gasteiger partial charge is 0.329 e. The van der Waals surface area contributed by atoms with Crippen molar-refractivity contribution in [3.8, 4) is 11.8 Å². The fraction of sp³-hybridized carbons (Fsp3) is 0.500. The third-order valence-corrected chi connectivity index (χ3v) is 3.70. The number of aromatic nitrogens is 4. The molecule has 9 heteroatoms. The van der Waals surface area contributed by atoms with Crippen LogP contribution in [0.25, 0.3) is 11.2 Å². The summed E-state index contributed by atoms with van der Waals surface area (Å²) in [4.78, 5) is 30.2. The van der Waals surface area contributed by atoms with Gasteiger partial charge in [0.15, 0.2) is 11.2 Å². The maximum atomic E-state index is 12.1. The van der Waals surface area contributed by atoms with E-state index in [9.17, 15) is 19.8 Å². The Balaban J connectivity index is 2.74. The first-order chi connectivity index (χ1) is 10.9. The van der Waals surface area contributed by atoms with Gasteiger partial charge in [-0.15, -0.1) is 17.5 Å². The van der Waals surface area contributed by atoms with E-state index in [1.165, 1.54) is 11.6 Å². The normalized spacial score (nSPS) is 13.6. The Bertz CT molecular complexity index is 886. The SMILES string of the molecule is CC#CCn1c(C(O)C(O)CCCl)nc2c1c(=O)[nH]c(=O)n2C. The first-order valence-electron chi connectivity index (χ1n) is 6.93. The van der Waals surface area contributed by atoms with E-state index in [0.717, 1.165) is 4.57 Å². The topological polar surface area (TPSA) is 113 Å². The van der Waals surface area contributed by atoms with Crippen molar-refractivity contribution >= 4 is 22.8 Å². The molecular weight excluding hydrogens is 324 g/mol. The Morgan fingerprint density at radius 1 is 1.39 bits per heavy atom. The van der Waals surface area contributed by atoms with Crippen molar-refractivity contribution in [1.82, 2.24) is 19.1 Å². The zero-order chi connectivity index (χ0) is 17.1. The van der Waals surface area contributed by atoms with Gasteiger partial charge >= 0.3 is 5.69 Å². The van der Waals surface area contributed by atoms with Gasteiger partial charge in [-0.1, -0.05) is 5.92 Å². The molecule has 2 atom stereocenters. The van der Waals surface area contributed by atoms with E-state index < -0.39 is 23.5 Å².